The van der Waals surface area contributed by atoms with Crippen molar-refractivity contribution in [2.75, 3.05) is 18.0 Å². The fourth-order valence-electron chi connectivity index (χ4n) is 3.53. The molecule has 2 fully saturated rings. The number of nitro groups is 1. The van der Waals surface area contributed by atoms with Gasteiger partial charge in [-0.3, -0.25) is 10.1 Å². The molecule has 2 aliphatic rings. The summed E-state index contributed by atoms with van der Waals surface area (Å²) in [5, 5.41) is 10.8. The number of nitro benzene ring substituents is 1. The van der Waals surface area contributed by atoms with Crippen molar-refractivity contribution in [2.45, 2.75) is 25.1 Å². The van der Waals surface area contributed by atoms with Gasteiger partial charge in [0.2, 0.25) is 0 Å². The zero-order valence-electron chi connectivity index (χ0n) is 10.7. The summed E-state index contributed by atoms with van der Waals surface area (Å²) in [6.45, 7) is 2.15. The standard InChI is InChI=1S/C14H17ClN2O2/c15-7-12-6-13(17(18)19)4-5-14(12)16-8-10-2-1-3-11(10)9-16/h4-6,10-11H,1-3,7-9H2. The van der Waals surface area contributed by atoms with E-state index in [0.29, 0.717) is 5.88 Å². The molecule has 1 aromatic rings. The zero-order valence-corrected chi connectivity index (χ0v) is 11.5. The summed E-state index contributed by atoms with van der Waals surface area (Å²) in [6.07, 6.45) is 4.00. The summed E-state index contributed by atoms with van der Waals surface area (Å²) in [5.74, 6) is 1.93. The van der Waals surface area contributed by atoms with E-state index in [0.717, 1.165) is 36.2 Å². The Morgan fingerprint density at radius 3 is 2.58 bits per heavy atom. The lowest BCUT2D eigenvalue weighted by Crippen LogP contribution is -2.21. The van der Waals surface area contributed by atoms with Crippen molar-refractivity contribution >= 4 is 23.0 Å². The Balaban J connectivity index is 1.86. The quantitative estimate of drug-likeness (QED) is 0.483. The molecule has 0 bridgehead atoms. The van der Waals surface area contributed by atoms with Crippen LogP contribution in [0.2, 0.25) is 0 Å². The number of anilines is 1. The normalized spacial score (nSPS) is 25.6. The van der Waals surface area contributed by atoms with E-state index in [4.69, 9.17) is 11.6 Å². The molecule has 5 heteroatoms. The molecule has 4 nitrogen and oxygen atoms in total. The molecule has 0 aromatic heterocycles. The summed E-state index contributed by atoms with van der Waals surface area (Å²) in [5.41, 5.74) is 2.07. The minimum absolute atomic E-state index is 0.124. The third-order valence-electron chi connectivity index (χ3n) is 4.48. The number of non-ortho nitro benzene ring substituents is 1. The van der Waals surface area contributed by atoms with E-state index < -0.39 is 0 Å². The number of halogens is 1. The highest BCUT2D eigenvalue weighted by atomic mass is 35.5. The molecule has 1 saturated heterocycles. The lowest BCUT2D eigenvalue weighted by Gasteiger charge is -2.22. The van der Waals surface area contributed by atoms with Crippen LogP contribution in [0.1, 0.15) is 24.8 Å². The largest absolute Gasteiger partial charge is 0.371 e. The summed E-state index contributed by atoms with van der Waals surface area (Å²) in [4.78, 5) is 12.8. The van der Waals surface area contributed by atoms with Crippen molar-refractivity contribution in [2.24, 2.45) is 11.8 Å². The van der Waals surface area contributed by atoms with Gasteiger partial charge in [-0.25, -0.2) is 0 Å². The molecule has 0 radical (unpaired) electrons. The minimum Gasteiger partial charge on any atom is -0.371 e. The van der Waals surface area contributed by atoms with Crippen molar-refractivity contribution in [1.82, 2.24) is 0 Å². The predicted octanol–water partition coefficient (Wildman–Crippen LogP) is 3.57. The van der Waals surface area contributed by atoms with E-state index in [1.54, 1.807) is 12.1 Å². The van der Waals surface area contributed by atoms with Crippen molar-refractivity contribution in [3.05, 3.63) is 33.9 Å². The van der Waals surface area contributed by atoms with Crippen molar-refractivity contribution in [3.8, 4) is 0 Å². The fraction of sp³-hybridized carbons (Fsp3) is 0.571. The van der Waals surface area contributed by atoms with Crippen LogP contribution < -0.4 is 4.90 Å². The van der Waals surface area contributed by atoms with Crippen LogP contribution in [0.25, 0.3) is 0 Å². The summed E-state index contributed by atoms with van der Waals surface area (Å²) in [6, 6.07) is 5.05. The van der Waals surface area contributed by atoms with Crippen LogP contribution in [0.3, 0.4) is 0 Å². The van der Waals surface area contributed by atoms with Crippen molar-refractivity contribution in [1.29, 1.82) is 0 Å². The third-order valence-corrected chi connectivity index (χ3v) is 4.77. The highest BCUT2D eigenvalue weighted by molar-refractivity contribution is 6.17. The first kappa shape index (κ1) is 12.7. The minimum atomic E-state index is -0.363. The van der Waals surface area contributed by atoms with Gasteiger partial charge in [-0.1, -0.05) is 6.42 Å². The van der Waals surface area contributed by atoms with Crippen molar-refractivity contribution < 1.29 is 4.92 Å². The van der Waals surface area contributed by atoms with Crippen LogP contribution >= 0.6 is 11.6 Å². The third kappa shape index (κ3) is 2.29. The van der Waals surface area contributed by atoms with Crippen LogP contribution in [0.5, 0.6) is 0 Å². The van der Waals surface area contributed by atoms with Gasteiger partial charge in [-0.15, -0.1) is 11.6 Å². The molecule has 0 amide bonds. The number of rotatable bonds is 3. The maximum absolute atomic E-state index is 10.8. The number of nitrogens with zero attached hydrogens (tertiary/aromatic N) is 2. The smallest absolute Gasteiger partial charge is 0.269 e. The molecule has 102 valence electrons. The Bertz CT molecular complexity index is 494. The average molecular weight is 281 g/mol. The predicted molar refractivity (Wildman–Crippen MR) is 75.7 cm³/mol. The van der Waals surface area contributed by atoms with E-state index in [1.807, 2.05) is 6.07 Å². The number of fused-ring (bicyclic) bond motifs is 1. The molecule has 1 aliphatic carbocycles. The Labute approximate surface area is 117 Å². The molecule has 1 aromatic carbocycles. The number of alkyl halides is 1. The van der Waals surface area contributed by atoms with E-state index >= 15 is 0 Å². The van der Waals surface area contributed by atoms with Crippen LogP contribution in [-0.4, -0.2) is 18.0 Å². The maximum atomic E-state index is 10.8. The summed E-state index contributed by atoms with van der Waals surface area (Å²) < 4.78 is 0. The highest BCUT2D eigenvalue weighted by Gasteiger charge is 2.36. The van der Waals surface area contributed by atoms with Crippen LogP contribution in [-0.2, 0) is 5.88 Å². The van der Waals surface area contributed by atoms with Gasteiger partial charge < -0.3 is 4.90 Å². The first-order valence-corrected chi connectivity index (χ1v) is 7.30. The lowest BCUT2D eigenvalue weighted by molar-refractivity contribution is -0.384. The highest BCUT2D eigenvalue weighted by Crippen LogP contribution is 2.41. The molecular weight excluding hydrogens is 264 g/mol. The number of benzene rings is 1. The van der Waals surface area contributed by atoms with Gasteiger partial charge in [0, 0.05) is 36.8 Å². The van der Waals surface area contributed by atoms with Gasteiger partial charge in [-0.05, 0) is 36.3 Å². The first-order valence-electron chi connectivity index (χ1n) is 6.77. The van der Waals surface area contributed by atoms with E-state index in [1.165, 1.54) is 19.3 Å². The molecule has 0 N–H and O–H groups in total. The lowest BCUT2D eigenvalue weighted by atomic mass is 10.0. The van der Waals surface area contributed by atoms with Gasteiger partial charge in [0.05, 0.1) is 4.92 Å². The molecule has 3 rings (SSSR count). The van der Waals surface area contributed by atoms with E-state index in [2.05, 4.69) is 4.90 Å². The van der Waals surface area contributed by atoms with Gasteiger partial charge in [0.15, 0.2) is 0 Å². The topological polar surface area (TPSA) is 46.4 Å². The SMILES string of the molecule is O=[N+]([O-])c1ccc(N2CC3CCCC3C2)c(CCl)c1. The molecule has 2 atom stereocenters. The first-order chi connectivity index (χ1) is 9.19. The summed E-state index contributed by atoms with van der Waals surface area (Å²) in [7, 11) is 0. The van der Waals surface area contributed by atoms with Gasteiger partial charge >= 0.3 is 0 Å². The monoisotopic (exact) mass is 280 g/mol. The van der Waals surface area contributed by atoms with Crippen LogP contribution in [0, 0.1) is 22.0 Å². The number of hydrogen-bond acceptors (Lipinski definition) is 3. The second kappa shape index (κ2) is 5.00. The molecule has 1 saturated carbocycles. The molecule has 19 heavy (non-hydrogen) atoms. The Morgan fingerprint density at radius 2 is 2.00 bits per heavy atom. The Kier molecular flexibility index (Phi) is 3.35. The van der Waals surface area contributed by atoms with Crippen LogP contribution in [0.15, 0.2) is 18.2 Å². The van der Waals surface area contributed by atoms with Gasteiger partial charge in [-0.2, -0.15) is 0 Å². The van der Waals surface area contributed by atoms with E-state index in [9.17, 15) is 10.1 Å². The van der Waals surface area contributed by atoms with Gasteiger partial charge in [0.1, 0.15) is 0 Å². The Hall–Kier alpha value is -1.29. The number of hydrogen-bond donors (Lipinski definition) is 0. The average Bonchev–Trinajstić information content (AvgIpc) is 2.98. The van der Waals surface area contributed by atoms with Gasteiger partial charge in [0.25, 0.3) is 5.69 Å². The maximum Gasteiger partial charge on any atom is 0.269 e. The van der Waals surface area contributed by atoms with E-state index in [-0.39, 0.29) is 10.6 Å². The molecule has 1 aliphatic heterocycles. The molecule has 1 heterocycles. The molecular formula is C14H17ClN2O2. The second-order valence-electron chi connectivity index (χ2n) is 5.56. The van der Waals surface area contributed by atoms with Crippen LogP contribution in [0.4, 0.5) is 11.4 Å². The fourth-order valence-corrected chi connectivity index (χ4v) is 3.75. The second-order valence-corrected chi connectivity index (χ2v) is 5.83. The van der Waals surface area contributed by atoms with Crippen molar-refractivity contribution in [3.63, 3.8) is 0 Å². The summed E-state index contributed by atoms with van der Waals surface area (Å²) >= 11 is 5.96. The molecule has 2 unspecified atom stereocenters. The zero-order chi connectivity index (χ0) is 13.4. The molecule has 0 spiro atoms. The Morgan fingerprint density at radius 1 is 1.32 bits per heavy atom.